The van der Waals surface area contributed by atoms with Crippen molar-refractivity contribution in [3.63, 3.8) is 0 Å². The van der Waals surface area contributed by atoms with Crippen molar-refractivity contribution in [1.29, 1.82) is 0 Å². The lowest BCUT2D eigenvalue weighted by molar-refractivity contribution is 0.0949. The molecule has 5 rings (SSSR count). The molecule has 0 spiro atoms. The highest BCUT2D eigenvalue weighted by Crippen LogP contribution is 2.24. The summed E-state index contributed by atoms with van der Waals surface area (Å²) in [5.74, 6) is 0.447. The Morgan fingerprint density at radius 1 is 1.11 bits per heavy atom. The van der Waals surface area contributed by atoms with Crippen LogP contribution in [-0.4, -0.2) is 66.3 Å². The third kappa shape index (κ3) is 5.57. The Bertz CT molecular complexity index is 1580. The van der Waals surface area contributed by atoms with Crippen LogP contribution in [0, 0.1) is 0 Å². The van der Waals surface area contributed by atoms with E-state index in [1.807, 2.05) is 36.4 Å². The van der Waals surface area contributed by atoms with Gasteiger partial charge in [0.15, 0.2) is 9.84 Å². The SMILES string of the molecule is C[C@@H]1COCCN1c1cccc(-c2ccc3cnc(CNC(=O)c4cncc(S(C)(=O)=O)c4)cc3n2)n1. The summed E-state index contributed by atoms with van der Waals surface area (Å²) in [6.07, 6.45) is 5.32. The van der Waals surface area contributed by atoms with E-state index in [-0.39, 0.29) is 23.0 Å². The summed E-state index contributed by atoms with van der Waals surface area (Å²) in [6.45, 7) is 4.40. The van der Waals surface area contributed by atoms with Crippen molar-refractivity contribution in [3.05, 3.63) is 72.3 Å². The third-order valence-corrected chi connectivity index (χ3v) is 7.20. The second-order valence-electron chi connectivity index (χ2n) is 8.93. The minimum absolute atomic E-state index is 0.0125. The summed E-state index contributed by atoms with van der Waals surface area (Å²) in [5.41, 5.74) is 3.00. The zero-order valence-electron chi connectivity index (χ0n) is 20.5. The lowest BCUT2D eigenvalue weighted by Gasteiger charge is -2.34. The van der Waals surface area contributed by atoms with E-state index < -0.39 is 15.7 Å². The van der Waals surface area contributed by atoms with Crippen LogP contribution in [0.4, 0.5) is 5.82 Å². The van der Waals surface area contributed by atoms with Gasteiger partial charge < -0.3 is 15.0 Å². The Kier molecular flexibility index (Phi) is 6.81. The number of fused-ring (bicyclic) bond motifs is 1. The molecule has 190 valence electrons. The molecule has 1 fully saturated rings. The number of sulfone groups is 1. The van der Waals surface area contributed by atoms with Gasteiger partial charge in [-0.2, -0.15) is 0 Å². The summed E-state index contributed by atoms with van der Waals surface area (Å²) in [7, 11) is -3.47. The van der Waals surface area contributed by atoms with Crippen molar-refractivity contribution in [1.82, 2.24) is 25.3 Å². The topological polar surface area (TPSA) is 127 Å². The van der Waals surface area contributed by atoms with Gasteiger partial charge in [0, 0.05) is 36.8 Å². The summed E-state index contributed by atoms with van der Waals surface area (Å²) < 4.78 is 29.1. The molecule has 10 nitrogen and oxygen atoms in total. The molecule has 0 bridgehead atoms. The van der Waals surface area contributed by atoms with Gasteiger partial charge in [-0.1, -0.05) is 6.07 Å². The highest BCUT2D eigenvalue weighted by Gasteiger charge is 2.20. The molecule has 1 N–H and O–H groups in total. The van der Waals surface area contributed by atoms with Gasteiger partial charge in [-0.15, -0.1) is 0 Å². The normalized spacial score (nSPS) is 16.1. The van der Waals surface area contributed by atoms with Crippen LogP contribution in [0.15, 0.2) is 66.0 Å². The first-order chi connectivity index (χ1) is 17.8. The molecule has 0 unspecified atom stereocenters. The molecule has 5 heterocycles. The largest absolute Gasteiger partial charge is 0.377 e. The average Bonchev–Trinajstić information content (AvgIpc) is 2.91. The van der Waals surface area contributed by atoms with E-state index >= 15 is 0 Å². The number of rotatable bonds is 6. The monoisotopic (exact) mass is 518 g/mol. The van der Waals surface area contributed by atoms with Crippen molar-refractivity contribution in [3.8, 4) is 11.4 Å². The van der Waals surface area contributed by atoms with Crippen LogP contribution in [0.2, 0.25) is 0 Å². The third-order valence-electron chi connectivity index (χ3n) is 6.12. The van der Waals surface area contributed by atoms with Gasteiger partial charge in [0.25, 0.3) is 5.91 Å². The van der Waals surface area contributed by atoms with Crippen LogP contribution >= 0.6 is 0 Å². The summed E-state index contributed by atoms with van der Waals surface area (Å²) in [4.78, 5) is 32.7. The minimum Gasteiger partial charge on any atom is -0.377 e. The molecule has 1 atom stereocenters. The lowest BCUT2D eigenvalue weighted by atomic mass is 10.1. The predicted molar refractivity (Wildman–Crippen MR) is 139 cm³/mol. The second kappa shape index (κ2) is 10.2. The fraction of sp³-hybridized carbons (Fsp3) is 0.269. The molecule has 37 heavy (non-hydrogen) atoms. The number of nitrogens with one attached hydrogen (secondary N) is 1. The fourth-order valence-corrected chi connectivity index (χ4v) is 4.70. The van der Waals surface area contributed by atoms with E-state index in [4.69, 9.17) is 14.7 Å². The molecular formula is C26H26N6O4S. The van der Waals surface area contributed by atoms with E-state index in [1.54, 1.807) is 6.20 Å². The first kappa shape index (κ1) is 24.7. The molecule has 1 aliphatic heterocycles. The summed E-state index contributed by atoms with van der Waals surface area (Å²) >= 11 is 0. The van der Waals surface area contributed by atoms with Crippen molar-refractivity contribution in [2.24, 2.45) is 0 Å². The van der Waals surface area contributed by atoms with E-state index in [9.17, 15) is 13.2 Å². The average molecular weight is 519 g/mol. The van der Waals surface area contributed by atoms with Gasteiger partial charge in [0.1, 0.15) is 5.82 Å². The standard InChI is InChI=1S/C26H26N6O4S/c1-17-16-36-9-8-32(17)25-5-3-4-22(31-25)23-7-6-18-13-28-20(11-24(18)30-23)14-29-26(33)19-10-21(15-27-12-19)37(2,34)35/h3-7,10-13,15,17H,8-9,14,16H2,1-2H3,(H,29,33)/t17-/m1/s1. The molecule has 1 amide bonds. The summed E-state index contributed by atoms with van der Waals surface area (Å²) in [6, 6.07) is 13.1. The Morgan fingerprint density at radius 3 is 2.76 bits per heavy atom. The van der Waals surface area contributed by atoms with Crippen LogP contribution in [-0.2, 0) is 21.1 Å². The highest BCUT2D eigenvalue weighted by atomic mass is 32.2. The maximum Gasteiger partial charge on any atom is 0.253 e. The number of hydrogen-bond donors (Lipinski definition) is 1. The molecule has 4 aromatic heterocycles. The Labute approximate surface area is 214 Å². The number of nitrogens with zero attached hydrogens (tertiary/aromatic N) is 5. The molecule has 0 aromatic carbocycles. The Morgan fingerprint density at radius 2 is 1.95 bits per heavy atom. The zero-order chi connectivity index (χ0) is 26.0. The molecule has 0 aliphatic carbocycles. The van der Waals surface area contributed by atoms with Crippen LogP contribution in [0.5, 0.6) is 0 Å². The van der Waals surface area contributed by atoms with Crippen LogP contribution in [0.25, 0.3) is 22.3 Å². The molecule has 1 aliphatic rings. The number of anilines is 1. The fourth-order valence-electron chi connectivity index (χ4n) is 4.11. The van der Waals surface area contributed by atoms with Crippen molar-refractivity contribution in [2.75, 3.05) is 30.9 Å². The molecule has 4 aromatic rings. The number of aromatic nitrogens is 4. The number of morpholine rings is 1. The molecule has 0 saturated carbocycles. The summed E-state index contributed by atoms with van der Waals surface area (Å²) in [5, 5.41) is 3.62. The molecular weight excluding hydrogens is 492 g/mol. The van der Waals surface area contributed by atoms with Crippen molar-refractivity contribution in [2.45, 2.75) is 24.4 Å². The van der Waals surface area contributed by atoms with Crippen LogP contribution < -0.4 is 10.2 Å². The quantitative estimate of drug-likeness (QED) is 0.410. The number of pyridine rings is 4. The Balaban J connectivity index is 1.34. The van der Waals surface area contributed by atoms with Gasteiger partial charge in [-0.3, -0.25) is 14.8 Å². The van der Waals surface area contributed by atoms with E-state index in [0.29, 0.717) is 18.9 Å². The van der Waals surface area contributed by atoms with E-state index in [0.717, 1.165) is 40.9 Å². The highest BCUT2D eigenvalue weighted by molar-refractivity contribution is 7.90. The Hall–Kier alpha value is -3.96. The van der Waals surface area contributed by atoms with Gasteiger partial charge in [0.05, 0.1) is 58.9 Å². The zero-order valence-corrected chi connectivity index (χ0v) is 21.3. The van der Waals surface area contributed by atoms with Gasteiger partial charge >= 0.3 is 0 Å². The maximum absolute atomic E-state index is 12.6. The van der Waals surface area contributed by atoms with Crippen LogP contribution in [0.1, 0.15) is 23.0 Å². The van der Waals surface area contributed by atoms with Gasteiger partial charge in [-0.25, -0.2) is 18.4 Å². The number of carbonyl (C=O) groups excluding carboxylic acids is 1. The van der Waals surface area contributed by atoms with E-state index in [2.05, 4.69) is 27.1 Å². The molecule has 11 heteroatoms. The number of hydrogen-bond acceptors (Lipinski definition) is 9. The molecule has 1 saturated heterocycles. The van der Waals surface area contributed by atoms with Crippen molar-refractivity contribution < 1.29 is 17.9 Å². The predicted octanol–water partition coefficient (Wildman–Crippen LogP) is 2.65. The number of carbonyl (C=O) groups is 1. The van der Waals surface area contributed by atoms with Crippen molar-refractivity contribution >= 4 is 32.5 Å². The minimum atomic E-state index is -3.47. The first-order valence-corrected chi connectivity index (χ1v) is 13.7. The van der Waals surface area contributed by atoms with E-state index in [1.165, 1.54) is 18.5 Å². The first-order valence-electron chi connectivity index (χ1n) is 11.8. The smallest absolute Gasteiger partial charge is 0.253 e. The van der Waals surface area contributed by atoms with Gasteiger partial charge in [0.2, 0.25) is 0 Å². The van der Waals surface area contributed by atoms with Gasteiger partial charge in [-0.05, 0) is 43.3 Å². The number of ether oxygens (including phenoxy) is 1. The molecule has 0 radical (unpaired) electrons. The van der Waals surface area contributed by atoms with Crippen LogP contribution in [0.3, 0.4) is 0 Å². The maximum atomic E-state index is 12.6. The second-order valence-corrected chi connectivity index (χ2v) is 10.9. The number of amides is 1. The lowest BCUT2D eigenvalue weighted by Crippen LogP contribution is -2.44.